The van der Waals surface area contributed by atoms with Crippen LogP contribution in [0, 0.1) is 6.92 Å². The van der Waals surface area contributed by atoms with E-state index in [9.17, 15) is 0 Å². The highest BCUT2D eigenvalue weighted by atomic mass is 16.3. The van der Waals surface area contributed by atoms with Crippen molar-refractivity contribution in [2.45, 2.75) is 26.7 Å². The van der Waals surface area contributed by atoms with E-state index in [0.717, 1.165) is 21.9 Å². The standard InChI is InChI=1S/C21H19NO/c1-13(2)16-11-19-18-9-5-8-17(15-7-4-6-14(3)10-15)20(18)23-21(19)22-12-16/h4-13H,1-3H3. The van der Waals surface area contributed by atoms with Crippen molar-refractivity contribution in [1.29, 1.82) is 0 Å². The summed E-state index contributed by atoms with van der Waals surface area (Å²) in [6.45, 7) is 6.48. The first-order valence-electron chi connectivity index (χ1n) is 8.01. The molecule has 2 aromatic carbocycles. The van der Waals surface area contributed by atoms with E-state index < -0.39 is 0 Å². The van der Waals surface area contributed by atoms with E-state index in [1.54, 1.807) is 0 Å². The Labute approximate surface area is 135 Å². The summed E-state index contributed by atoms with van der Waals surface area (Å²) in [6.07, 6.45) is 1.92. The second-order valence-corrected chi connectivity index (χ2v) is 6.43. The van der Waals surface area contributed by atoms with E-state index in [1.807, 2.05) is 6.20 Å². The van der Waals surface area contributed by atoms with Gasteiger partial charge in [0.1, 0.15) is 5.58 Å². The Morgan fingerprint density at radius 1 is 0.957 bits per heavy atom. The third-order valence-corrected chi connectivity index (χ3v) is 4.37. The minimum atomic E-state index is 0.455. The van der Waals surface area contributed by atoms with Gasteiger partial charge in [-0.1, -0.05) is 61.9 Å². The fraction of sp³-hybridized carbons (Fsp3) is 0.190. The van der Waals surface area contributed by atoms with Crippen molar-refractivity contribution in [2.75, 3.05) is 0 Å². The predicted molar refractivity (Wildman–Crippen MR) is 95.8 cm³/mol. The molecule has 0 bridgehead atoms. The van der Waals surface area contributed by atoms with Gasteiger partial charge in [0.25, 0.3) is 0 Å². The van der Waals surface area contributed by atoms with Crippen molar-refractivity contribution < 1.29 is 4.42 Å². The van der Waals surface area contributed by atoms with E-state index in [-0.39, 0.29) is 0 Å². The number of pyridine rings is 1. The first-order valence-corrected chi connectivity index (χ1v) is 8.01. The molecule has 0 saturated heterocycles. The molecule has 114 valence electrons. The van der Waals surface area contributed by atoms with Gasteiger partial charge in [0, 0.05) is 22.5 Å². The van der Waals surface area contributed by atoms with Crippen molar-refractivity contribution in [1.82, 2.24) is 4.98 Å². The molecule has 0 spiro atoms. The fourth-order valence-corrected chi connectivity index (χ4v) is 3.05. The van der Waals surface area contributed by atoms with E-state index >= 15 is 0 Å². The van der Waals surface area contributed by atoms with E-state index in [4.69, 9.17) is 4.42 Å². The number of aryl methyl sites for hydroxylation is 1. The molecule has 2 aromatic heterocycles. The Bertz CT molecular complexity index is 1010. The lowest BCUT2D eigenvalue weighted by Crippen LogP contribution is -1.87. The van der Waals surface area contributed by atoms with Crippen LogP contribution in [0.5, 0.6) is 0 Å². The predicted octanol–water partition coefficient (Wildman–Crippen LogP) is 6.08. The second-order valence-electron chi connectivity index (χ2n) is 6.43. The van der Waals surface area contributed by atoms with Crippen molar-refractivity contribution in [3.8, 4) is 11.1 Å². The fourth-order valence-electron chi connectivity index (χ4n) is 3.05. The van der Waals surface area contributed by atoms with Gasteiger partial charge in [-0.25, -0.2) is 4.98 Å². The maximum atomic E-state index is 6.10. The van der Waals surface area contributed by atoms with Gasteiger partial charge in [-0.05, 0) is 30.0 Å². The molecular formula is C21H19NO. The van der Waals surface area contributed by atoms with Crippen LogP contribution >= 0.6 is 0 Å². The van der Waals surface area contributed by atoms with E-state index in [0.29, 0.717) is 11.6 Å². The molecule has 2 heterocycles. The molecule has 0 unspecified atom stereocenters. The van der Waals surface area contributed by atoms with Gasteiger partial charge in [-0.3, -0.25) is 0 Å². The number of benzene rings is 2. The first kappa shape index (κ1) is 14.0. The van der Waals surface area contributed by atoms with Gasteiger partial charge in [0.05, 0.1) is 0 Å². The van der Waals surface area contributed by atoms with Gasteiger partial charge in [-0.15, -0.1) is 0 Å². The van der Waals surface area contributed by atoms with Crippen molar-refractivity contribution in [3.05, 3.63) is 65.9 Å². The van der Waals surface area contributed by atoms with Gasteiger partial charge in [-0.2, -0.15) is 0 Å². The quantitative estimate of drug-likeness (QED) is 0.448. The maximum Gasteiger partial charge on any atom is 0.227 e. The van der Waals surface area contributed by atoms with Crippen molar-refractivity contribution in [3.63, 3.8) is 0 Å². The normalized spacial score (nSPS) is 11.7. The zero-order valence-electron chi connectivity index (χ0n) is 13.6. The Kier molecular flexibility index (Phi) is 3.19. The van der Waals surface area contributed by atoms with Gasteiger partial charge >= 0.3 is 0 Å². The molecule has 0 amide bonds. The number of fused-ring (bicyclic) bond motifs is 3. The van der Waals surface area contributed by atoms with Crippen LogP contribution in [0.1, 0.15) is 30.9 Å². The number of rotatable bonds is 2. The summed E-state index contributed by atoms with van der Waals surface area (Å²) in [7, 11) is 0. The van der Waals surface area contributed by atoms with Crippen LogP contribution in [0.3, 0.4) is 0 Å². The second kappa shape index (κ2) is 5.24. The van der Waals surface area contributed by atoms with Crippen LogP contribution < -0.4 is 0 Å². The molecule has 0 aliphatic rings. The molecule has 4 rings (SSSR count). The molecule has 0 radical (unpaired) electrons. The lowest BCUT2D eigenvalue weighted by Gasteiger charge is -2.04. The third kappa shape index (κ3) is 2.31. The Morgan fingerprint density at radius 3 is 2.57 bits per heavy atom. The smallest absolute Gasteiger partial charge is 0.227 e. The molecule has 0 atom stereocenters. The lowest BCUT2D eigenvalue weighted by atomic mass is 10.00. The van der Waals surface area contributed by atoms with Gasteiger partial charge < -0.3 is 4.42 Å². The average Bonchev–Trinajstić information content (AvgIpc) is 2.92. The Balaban J connectivity index is 2.02. The SMILES string of the molecule is Cc1cccc(-c2cccc3c2oc2ncc(C(C)C)cc23)c1. The number of hydrogen-bond acceptors (Lipinski definition) is 2. The summed E-state index contributed by atoms with van der Waals surface area (Å²) in [6, 6.07) is 17.0. The van der Waals surface area contributed by atoms with Gasteiger partial charge in [0.2, 0.25) is 5.71 Å². The van der Waals surface area contributed by atoms with Crippen LogP contribution in [0.2, 0.25) is 0 Å². The monoisotopic (exact) mass is 301 g/mol. The van der Waals surface area contributed by atoms with Crippen LogP contribution in [0.25, 0.3) is 33.2 Å². The molecule has 23 heavy (non-hydrogen) atoms. The molecule has 2 nitrogen and oxygen atoms in total. The minimum Gasteiger partial charge on any atom is -0.437 e. The molecule has 0 N–H and O–H groups in total. The molecule has 2 heteroatoms. The highest BCUT2D eigenvalue weighted by Crippen LogP contribution is 2.36. The average molecular weight is 301 g/mol. The highest BCUT2D eigenvalue weighted by molar-refractivity contribution is 6.08. The zero-order valence-corrected chi connectivity index (χ0v) is 13.6. The number of para-hydroxylation sites is 1. The van der Waals surface area contributed by atoms with Crippen LogP contribution in [-0.2, 0) is 0 Å². The van der Waals surface area contributed by atoms with E-state index in [1.165, 1.54) is 16.7 Å². The first-order chi connectivity index (χ1) is 11.1. The summed E-state index contributed by atoms with van der Waals surface area (Å²) in [5.41, 5.74) is 6.41. The zero-order chi connectivity index (χ0) is 16.0. The Hall–Kier alpha value is -2.61. The third-order valence-electron chi connectivity index (χ3n) is 4.37. The summed E-state index contributed by atoms with van der Waals surface area (Å²) in [4.78, 5) is 4.53. The lowest BCUT2D eigenvalue weighted by molar-refractivity contribution is 0.654. The van der Waals surface area contributed by atoms with Crippen LogP contribution in [0.15, 0.2) is 59.1 Å². The van der Waals surface area contributed by atoms with Crippen LogP contribution in [0.4, 0.5) is 0 Å². The highest BCUT2D eigenvalue weighted by Gasteiger charge is 2.14. The maximum absolute atomic E-state index is 6.10. The summed E-state index contributed by atoms with van der Waals surface area (Å²) < 4.78 is 6.10. The largest absolute Gasteiger partial charge is 0.437 e. The van der Waals surface area contributed by atoms with Crippen LogP contribution in [-0.4, -0.2) is 4.98 Å². The van der Waals surface area contributed by atoms with Crippen molar-refractivity contribution in [2.24, 2.45) is 0 Å². The number of furan rings is 1. The molecule has 4 aromatic rings. The van der Waals surface area contributed by atoms with Gasteiger partial charge in [0.15, 0.2) is 0 Å². The number of hydrogen-bond donors (Lipinski definition) is 0. The minimum absolute atomic E-state index is 0.455. The number of aromatic nitrogens is 1. The van der Waals surface area contributed by atoms with Crippen molar-refractivity contribution >= 4 is 22.1 Å². The summed E-state index contributed by atoms with van der Waals surface area (Å²) in [5.74, 6) is 0.455. The summed E-state index contributed by atoms with van der Waals surface area (Å²) >= 11 is 0. The molecule has 0 fully saturated rings. The molecule has 0 aliphatic heterocycles. The Morgan fingerprint density at radius 2 is 1.78 bits per heavy atom. The number of nitrogens with zero attached hydrogens (tertiary/aromatic N) is 1. The molecular weight excluding hydrogens is 282 g/mol. The van der Waals surface area contributed by atoms with E-state index in [2.05, 4.69) is 74.3 Å². The summed E-state index contributed by atoms with van der Waals surface area (Å²) in [5, 5.41) is 2.23. The topological polar surface area (TPSA) is 26.0 Å². The molecule has 0 aliphatic carbocycles. The molecule has 0 saturated carbocycles.